The molecule has 0 saturated carbocycles. The molecular weight excluding hydrogens is 273 g/mol. The fourth-order valence-corrected chi connectivity index (χ4v) is 1.85. The third-order valence-electron chi connectivity index (χ3n) is 3.14. The molecule has 0 spiro atoms. The zero-order valence-electron chi connectivity index (χ0n) is 12.5. The molecule has 6 heteroatoms. The van der Waals surface area contributed by atoms with E-state index in [1.54, 1.807) is 0 Å². The number of amides is 2. The molecule has 116 valence electrons. The summed E-state index contributed by atoms with van der Waals surface area (Å²) in [7, 11) is 0. The average Bonchev–Trinajstić information content (AvgIpc) is 2.49. The van der Waals surface area contributed by atoms with E-state index in [0.717, 1.165) is 26.1 Å². The summed E-state index contributed by atoms with van der Waals surface area (Å²) >= 11 is 0. The van der Waals surface area contributed by atoms with Crippen LogP contribution in [0.1, 0.15) is 20.3 Å². The highest BCUT2D eigenvalue weighted by molar-refractivity contribution is 6.39. The summed E-state index contributed by atoms with van der Waals surface area (Å²) in [6.07, 6.45) is 0.789. The van der Waals surface area contributed by atoms with E-state index < -0.39 is 17.6 Å². The third kappa shape index (κ3) is 6.35. The van der Waals surface area contributed by atoms with Crippen LogP contribution in [-0.2, 0) is 9.59 Å². The van der Waals surface area contributed by atoms with Gasteiger partial charge in [0.05, 0.1) is 0 Å². The largest absolute Gasteiger partial charge is 0.348 e. The van der Waals surface area contributed by atoms with Crippen LogP contribution in [0.25, 0.3) is 0 Å². The van der Waals surface area contributed by atoms with Crippen molar-refractivity contribution in [2.24, 2.45) is 0 Å². The van der Waals surface area contributed by atoms with Crippen molar-refractivity contribution in [2.45, 2.75) is 20.3 Å². The van der Waals surface area contributed by atoms with Crippen LogP contribution in [0.2, 0.25) is 0 Å². The molecule has 0 aliphatic rings. The van der Waals surface area contributed by atoms with Crippen molar-refractivity contribution in [1.82, 2.24) is 10.2 Å². The zero-order chi connectivity index (χ0) is 15.7. The van der Waals surface area contributed by atoms with E-state index in [-0.39, 0.29) is 0 Å². The zero-order valence-corrected chi connectivity index (χ0v) is 12.5. The topological polar surface area (TPSA) is 61.4 Å². The lowest BCUT2D eigenvalue weighted by atomic mass is 10.3. The fourth-order valence-electron chi connectivity index (χ4n) is 1.85. The van der Waals surface area contributed by atoms with E-state index in [1.165, 1.54) is 24.3 Å². The van der Waals surface area contributed by atoms with Crippen molar-refractivity contribution in [2.75, 3.05) is 31.5 Å². The molecule has 0 aliphatic carbocycles. The van der Waals surface area contributed by atoms with Crippen LogP contribution < -0.4 is 10.6 Å². The summed E-state index contributed by atoms with van der Waals surface area (Å²) in [5.74, 6) is -1.82. The van der Waals surface area contributed by atoms with Crippen molar-refractivity contribution in [1.29, 1.82) is 0 Å². The van der Waals surface area contributed by atoms with Gasteiger partial charge in [0, 0.05) is 12.2 Å². The fraction of sp³-hybridized carbons (Fsp3) is 0.467. The quantitative estimate of drug-likeness (QED) is 0.593. The summed E-state index contributed by atoms with van der Waals surface area (Å²) in [6, 6.07) is 5.25. The van der Waals surface area contributed by atoms with E-state index in [9.17, 15) is 14.0 Å². The Labute approximate surface area is 124 Å². The smallest absolute Gasteiger partial charge is 0.313 e. The number of carbonyl (C=O) groups excluding carboxylic acids is 2. The van der Waals surface area contributed by atoms with Gasteiger partial charge in [0.2, 0.25) is 0 Å². The van der Waals surface area contributed by atoms with Gasteiger partial charge in [-0.1, -0.05) is 13.8 Å². The van der Waals surface area contributed by atoms with Crippen molar-refractivity contribution in [3.63, 3.8) is 0 Å². The summed E-state index contributed by atoms with van der Waals surface area (Å²) in [5.41, 5.74) is 0.389. The highest BCUT2D eigenvalue weighted by atomic mass is 19.1. The molecule has 5 nitrogen and oxygen atoms in total. The maximum atomic E-state index is 12.7. The molecule has 2 amide bonds. The Morgan fingerprint density at radius 3 is 2.29 bits per heavy atom. The minimum absolute atomic E-state index is 0.389. The van der Waals surface area contributed by atoms with E-state index >= 15 is 0 Å². The van der Waals surface area contributed by atoms with Crippen molar-refractivity contribution in [3.05, 3.63) is 30.1 Å². The molecule has 1 aromatic rings. The second kappa shape index (κ2) is 9.07. The molecule has 21 heavy (non-hydrogen) atoms. The molecule has 0 saturated heterocycles. The Bertz CT molecular complexity index is 458. The molecule has 1 aromatic carbocycles. The molecule has 0 fully saturated rings. The van der Waals surface area contributed by atoms with Crippen molar-refractivity contribution in [3.8, 4) is 0 Å². The van der Waals surface area contributed by atoms with Gasteiger partial charge < -0.3 is 15.5 Å². The maximum absolute atomic E-state index is 12.7. The summed E-state index contributed by atoms with van der Waals surface area (Å²) in [4.78, 5) is 25.4. The van der Waals surface area contributed by atoms with Crippen molar-refractivity contribution < 1.29 is 14.0 Å². The third-order valence-corrected chi connectivity index (χ3v) is 3.14. The maximum Gasteiger partial charge on any atom is 0.313 e. The Balaban J connectivity index is 2.28. The number of rotatable bonds is 7. The lowest BCUT2D eigenvalue weighted by molar-refractivity contribution is -0.136. The van der Waals surface area contributed by atoms with Gasteiger partial charge in [-0.05, 0) is 50.3 Å². The Hall–Kier alpha value is -1.95. The van der Waals surface area contributed by atoms with Crippen LogP contribution in [-0.4, -0.2) is 42.9 Å². The van der Waals surface area contributed by atoms with Crippen LogP contribution in [0, 0.1) is 5.82 Å². The van der Waals surface area contributed by atoms with Gasteiger partial charge in [-0.15, -0.1) is 0 Å². The SMILES string of the molecule is CCN(CC)CCCNC(=O)C(=O)Nc1ccc(F)cc1. The predicted molar refractivity (Wildman–Crippen MR) is 80.4 cm³/mol. The molecule has 2 N–H and O–H groups in total. The first-order valence-electron chi connectivity index (χ1n) is 7.14. The van der Waals surface area contributed by atoms with Crippen LogP contribution >= 0.6 is 0 Å². The molecular formula is C15H22FN3O2. The molecule has 0 atom stereocenters. The molecule has 0 bridgehead atoms. The van der Waals surface area contributed by atoms with E-state index in [0.29, 0.717) is 12.2 Å². The number of hydrogen-bond acceptors (Lipinski definition) is 3. The lowest BCUT2D eigenvalue weighted by Crippen LogP contribution is -2.37. The minimum Gasteiger partial charge on any atom is -0.348 e. The highest BCUT2D eigenvalue weighted by Crippen LogP contribution is 2.07. The number of nitrogens with one attached hydrogen (secondary N) is 2. The molecule has 0 heterocycles. The molecule has 0 unspecified atom stereocenters. The van der Waals surface area contributed by atoms with Gasteiger partial charge in [0.25, 0.3) is 0 Å². The van der Waals surface area contributed by atoms with Gasteiger partial charge >= 0.3 is 11.8 Å². The van der Waals surface area contributed by atoms with Crippen LogP contribution in [0.15, 0.2) is 24.3 Å². The average molecular weight is 295 g/mol. The van der Waals surface area contributed by atoms with Crippen molar-refractivity contribution >= 4 is 17.5 Å². The first-order chi connectivity index (χ1) is 10.1. The lowest BCUT2D eigenvalue weighted by Gasteiger charge is -2.17. The molecule has 0 aliphatic heterocycles. The minimum atomic E-state index is -0.746. The van der Waals surface area contributed by atoms with Crippen LogP contribution in [0.5, 0.6) is 0 Å². The first kappa shape index (κ1) is 17.1. The monoisotopic (exact) mass is 295 g/mol. The van der Waals surface area contributed by atoms with Gasteiger partial charge in [-0.3, -0.25) is 9.59 Å². The standard InChI is InChI=1S/C15H22FN3O2/c1-3-19(4-2)11-5-10-17-14(20)15(21)18-13-8-6-12(16)7-9-13/h6-9H,3-5,10-11H2,1-2H3,(H,17,20)(H,18,21). The van der Waals surface area contributed by atoms with E-state index in [1.807, 2.05) is 0 Å². The van der Waals surface area contributed by atoms with Gasteiger partial charge in [-0.25, -0.2) is 4.39 Å². The number of halogens is 1. The molecule has 0 aromatic heterocycles. The van der Waals surface area contributed by atoms with Gasteiger partial charge in [-0.2, -0.15) is 0 Å². The first-order valence-corrected chi connectivity index (χ1v) is 7.14. The number of nitrogens with zero attached hydrogens (tertiary/aromatic N) is 1. The Kier molecular flexibility index (Phi) is 7.39. The second-order valence-electron chi connectivity index (χ2n) is 4.60. The number of hydrogen-bond donors (Lipinski definition) is 2. The van der Waals surface area contributed by atoms with Crippen LogP contribution in [0.4, 0.5) is 10.1 Å². The molecule has 1 rings (SSSR count). The summed E-state index contributed by atoms with van der Waals surface area (Å²) in [5, 5.41) is 4.98. The number of benzene rings is 1. The van der Waals surface area contributed by atoms with Gasteiger partial charge in [0.1, 0.15) is 5.82 Å². The van der Waals surface area contributed by atoms with E-state index in [4.69, 9.17) is 0 Å². The second-order valence-corrected chi connectivity index (χ2v) is 4.60. The number of anilines is 1. The summed E-state index contributed by atoms with van der Waals surface area (Å²) in [6.45, 7) is 7.43. The highest BCUT2D eigenvalue weighted by Gasteiger charge is 2.13. The summed E-state index contributed by atoms with van der Waals surface area (Å²) < 4.78 is 12.7. The normalized spacial score (nSPS) is 10.5. The van der Waals surface area contributed by atoms with Gasteiger partial charge in [0.15, 0.2) is 0 Å². The molecule has 0 radical (unpaired) electrons. The van der Waals surface area contributed by atoms with E-state index in [2.05, 4.69) is 29.4 Å². The van der Waals surface area contributed by atoms with Crippen LogP contribution in [0.3, 0.4) is 0 Å². The Morgan fingerprint density at radius 2 is 1.71 bits per heavy atom. The number of carbonyl (C=O) groups is 2. The predicted octanol–water partition coefficient (Wildman–Crippen LogP) is 1.61. The Morgan fingerprint density at radius 1 is 1.10 bits per heavy atom.